The summed E-state index contributed by atoms with van der Waals surface area (Å²) in [5.41, 5.74) is 2.46. The molecule has 3 rings (SSSR count). The van der Waals surface area contributed by atoms with E-state index in [-0.39, 0.29) is 22.3 Å². The van der Waals surface area contributed by atoms with Crippen LogP contribution in [0.2, 0.25) is 0 Å². The summed E-state index contributed by atoms with van der Waals surface area (Å²) in [6, 6.07) is 11.3. The second-order valence-electron chi connectivity index (χ2n) is 7.32. The van der Waals surface area contributed by atoms with E-state index in [2.05, 4.69) is 5.32 Å². The van der Waals surface area contributed by atoms with E-state index in [4.69, 9.17) is 0 Å². The third kappa shape index (κ3) is 3.90. The van der Waals surface area contributed by atoms with Crippen LogP contribution in [0.1, 0.15) is 33.1 Å². The Labute approximate surface area is 171 Å². The zero-order valence-corrected chi connectivity index (χ0v) is 17.8. The van der Waals surface area contributed by atoms with Gasteiger partial charge in [0.2, 0.25) is 15.9 Å². The van der Waals surface area contributed by atoms with Gasteiger partial charge in [0, 0.05) is 32.7 Å². The van der Waals surface area contributed by atoms with Crippen LogP contribution in [0.5, 0.6) is 0 Å². The third-order valence-electron chi connectivity index (χ3n) is 5.15. The van der Waals surface area contributed by atoms with Crippen molar-refractivity contribution in [3.05, 3.63) is 64.7 Å². The molecule has 1 aliphatic rings. The van der Waals surface area contributed by atoms with Gasteiger partial charge in [-0.15, -0.1) is 0 Å². The highest BCUT2D eigenvalue weighted by molar-refractivity contribution is 7.89. The summed E-state index contributed by atoms with van der Waals surface area (Å²) in [4.78, 5) is 27.6. The molecule has 1 unspecified atom stereocenters. The van der Waals surface area contributed by atoms with E-state index >= 15 is 0 Å². The van der Waals surface area contributed by atoms with Crippen LogP contribution in [-0.4, -0.2) is 56.6 Å². The Kier molecular flexibility index (Phi) is 5.77. The third-order valence-corrected chi connectivity index (χ3v) is 7.11. The maximum atomic E-state index is 13.3. The monoisotopic (exact) mass is 415 g/mol. The summed E-state index contributed by atoms with van der Waals surface area (Å²) >= 11 is 0. The van der Waals surface area contributed by atoms with Crippen LogP contribution in [0.4, 0.5) is 0 Å². The van der Waals surface area contributed by atoms with Gasteiger partial charge in [0.1, 0.15) is 6.04 Å². The maximum absolute atomic E-state index is 13.3. The van der Waals surface area contributed by atoms with Crippen LogP contribution >= 0.6 is 0 Å². The van der Waals surface area contributed by atoms with E-state index in [0.29, 0.717) is 18.7 Å². The van der Waals surface area contributed by atoms with Gasteiger partial charge in [-0.05, 0) is 42.7 Å². The molecule has 2 aromatic rings. The van der Waals surface area contributed by atoms with Crippen molar-refractivity contribution >= 4 is 21.8 Å². The summed E-state index contributed by atoms with van der Waals surface area (Å²) in [5, 5.41) is 2.82. The molecule has 2 aromatic carbocycles. The molecule has 0 radical (unpaired) electrons. The van der Waals surface area contributed by atoms with Crippen molar-refractivity contribution in [1.82, 2.24) is 14.5 Å². The Hall–Kier alpha value is -2.71. The first-order valence-electron chi connectivity index (χ1n) is 9.32. The van der Waals surface area contributed by atoms with Crippen LogP contribution < -0.4 is 5.32 Å². The number of carbonyl (C=O) groups is 2. The molecule has 29 heavy (non-hydrogen) atoms. The Morgan fingerprint density at radius 2 is 1.79 bits per heavy atom. The number of rotatable bonds is 4. The number of nitrogens with one attached hydrogen (secondary N) is 1. The smallest absolute Gasteiger partial charge is 0.254 e. The quantitative estimate of drug-likeness (QED) is 0.826. The Balaban J connectivity index is 2.05. The van der Waals surface area contributed by atoms with Crippen LogP contribution in [0.3, 0.4) is 0 Å². The van der Waals surface area contributed by atoms with E-state index in [9.17, 15) is 18.0 Å². The van der Waals surface area contributed by atoms with Gasteiger partial charge in [-0.25, -0.2) is 12.7 Å². The van der Waals surface area contributed by atoms with Gasteiger partial charge in [-0.2, -0.15) is 0 Å². The van der Waals surface area contributed by atoms with Crippen molar-refractivity contribution < 1.29 is 18.0 Å². The fraction of sp³-hybridized carbons (Fsp3) is 0.333. The van der Waals surface area contributed by atoms with Crippen LogP contribution in [0.25, 0.3) is 0 Å². The number of hydrogen-bond donors (Lipinski definition) is 1. The molecule has 8 heteroatoms. The predicted molar refractivity (Wildman–Crippen MR) is 110 cm³/mol. The minimum atomic E-state index is -3.69. The number of hydrogen-bond acceptors (Lipinski definition) is 4. The van der Waals surface area contributed by atoms with Crippen molar-refractivity contribution in [3.63, 3.8) is 0 Å². The van der Waals surface area contributed by atoms with E-state index in [1.165, 1.54) is 25.1 Å². The second kappa shape index (κ2) is 7.96. The molecule has 0 aromatic heterocycles. The summed E-state index contributed by atoms with van der Waals surface area (Å²) in [6.45, 7) is 4.28. The van der Waals surface area contributed by atoms with Gasteiger partial charge < -0.3 is 10.2 Å². The number of aryl methyl sites for hydroxylation is 2. The molecule has 0 bridgehead atoms. The first kappa shape index (κ1) is 21.0. The number of benzene rings is 2. The number of nitrogens with zero attached hydrogens (tertiary/aromatic N) is 2. The largest absolute Gasteiger partial charge is 0.352 e. The Morgan fingerprint density at radius 3 is 2.45 bits per heavy atom. The number of sulfonamides is 1. The van der Waals surface area contributed by atoms with Gasteiger partial charge in [0.15, 0.2) is 0 Å². The normalized spacial score (nSPS) is 17.3. The summed E-state index contributed by atoms with van der Waals surface area (Å²) < 4.78 is 26.4. The number of carbonyl (C=O) groups excluding carboxylic acids is 2. The SMILES string of the molecule is Cc1ccccc1C1C(=O)NCCN1C(=O)c1ccc(C)c(S(=O)(=O)N(C)C)c1. The Bertz CT molecular complexity index is 1060. The first-order chi connectivity index (χ1) is 13.6. The van der Waals surface area contributed by atoms with Gasteiger partial charge >= 0.3 is 0 Å². The van der Waals surface area contributed by atoms with Crippen molar-refractivity contribution in [2.45, 2.75) is 24.8 Å². The molecule has 2 amide bonds. The van der Waals surface area contributed by atoms with Crippen molar-refractivity contribution in [2.24, 2.45) is 0 Å². The molecule has 0 aliphatic carbocycles. The molecule has 1 aliphatic heterocycles. The molecular formula is C21H25N3O4S. The molecule has 1 fully saturated rings. The first-order valence-corrected chi connectivity index (χ1v) is 10.8. The molecule has 154 valence electrons. The fourth-order valence-corrected chi connectivity index (χ4v) is 4.61. The van der Waals surface area contributed by atoms with E-state index < -0.39 is 16.1 Å². The zero-order valence-electron chi connectivity index (χ0n) is 17.0. The van der Waals surface area contributed by atoms with Crippen molar-refractivity contribution in [3.8, 4) is 0 Å². The Morgan fingerprint density at radius 1 is 1.10 bits per heavy atom. The molecule has 0 saturated carbocycles. The standard InChI is InChI=1S/C21H25N3O4S/c1-14-7-5-6-8-17(14)19-20(25)22-11-12-24(19)21(26)16-10-9-15(2)18(13-16)29(27,28)23(3)4/h5-10,13,19H,11-12H2,1-4H3,(H,22,25). The lowest BCUT2D eigenvalue weighted by atomic mass is 9.97. The molecule has 1 atom stereocenters. The van der Waals surface area contributed by atoms with Crippen molar-refractivity contribution in [1.29, 1.82) is 0 Å². The second-order valence-corrected chi connectivity index (χ2v) is 9.44. The predicted octanol–water partition coefficient (Wildman–Crippen LogP) is 1.87. The average molecular weight is 416 g/mol. The lowest BCUT2D eigenvalue weighted by molar-refractivity contribution is -0.128. The molecular weight excluding hydrogens is 390 g/mol. The zero-order chi connectivity index (χ0) is 21.3. The minimum absolute atomic E-state index is 0.0854. The molecule has 0 spiro atoms. The lowest BCUT2D eigenvalue weighted by Crippen LogP contribution is -2.52. The van der Waals surface area contributed by atoms with Crippen molar-refractivity contribution in [2.75, 3.05) is 27.2 Å². The molecule has 7 nitrogen and oxygen atoms in total. The highest BCUT2D eigenvalue weighted by Crippen LogP contribution is 2.29. The van der Waals surface area contributed by atoms with Gasteiger partial charge in [0.05, 0.1) is 4.90 Å². The summed E-state index contributed by atoms with van der Waals surface area (Å²) in [7, 11) is -0.792. The minimum Gasteiger partial charge on any atom is -0.352 e. The molecule has 1 N–H and O–H groups in total. The van der Waals surface area contributed by atoms with E-state index in [0.717, 1.165) is 15.4 Å². The van der Waals surface area contributed by atoms with Crippen LogP contribution in [-0.2, 0) is 14.8 Å². The number of piperazine rings is 1. The average Bonchev–Trinajstić information content (AvgIpc) is 2.68. The van der Waals surface area contributed by atoms with Gasteiger partial charge in [-0.3, -0.25) is 9.59 Å². The topological polar surface area (TPSA) is 86.8 Å². The fourth-order valence-electron chi connectivity index (χ4n) is 3.46. The molecule has 1 saturated heterocycles. The maximum Gasteiger partial charge on any atom is 0.254 e. The lowest BCUT2D eigenvalue weighted by Gasteiger charge is -2.36. The van der Waals surface area contributed by atoms with Gasteiger partial charge in [-0.1, -0.05) is 30.3 Å². The summed E-state index contributed by atoms with van der Waals surface area (Å²) in [6.07, 6.45) is 0. The van der Waals surface area contributed by atoms with Gasteiger partial charge in [0.25, 0.3) is 5.91 Å². The van der Waals surface area contributed by atoms with Crippen LogP contribution in [0.15, 0.2) is 47.4 Å². The molecule has 1 heterocycles. The summed E-state index contributed by atoms with van der Waals surface area (Å²) in [5.74, 6) is -0.615. The van der Waals surface area contributed by atoms with E-state index in [1.807, 2.05) is 31.2 Å². The van der Waals surface area contributed by atoms with Crippen LogP contribution in [0, 0.1) is 13.8 Å². The number of amides is 2. The highest BCUT2D eigenvalue weighted by Gasteiger charge is 2.36. The van der Waals surface area contributed by atoms with E-state index in [1.54, 1.807) is 19.1 Å². The highest BCUT2D eigenvalue weighted by atomic mass is 32.2.